The van der Waals surface area contributed by atoms with Gasteiger partial charge in [-0.1, -0.05) is 90.8 Å². The van der Waals surface area contributed by atoms with E-state index in [9.17, 15) is 117 Å². The van der Waals surface area contributed by atoms with E-state index in [2.05, 4.69) is 65.1 Å². The summed E-state index contributed by atoms with van der Waals surface area (Å²) in [7, 11) is 1.70. The molecule has 650 valence electrons. The lowest BCUT2D eigenvalue weighted by atomic mass is 9.94. The van der Waals surface area contributed by atoms with Crippen molar-refractivity contribution in [3.63, 3.8) is 0 Å². The van der Waals surface area contributed by atoms with Crippen LogP contribution in [0.15, 0.2) is 30.5 Å². The summed E-state index contributed by atoms with van der Waals surface area (Å²) in [5, 5.41) is 78.4. The third kappa shape index (κ3) is 33.4. The molecule has 1 saturated heterocycles. The fourth-order valence-corrected chi connectivity index (χ4v) is 12.2. The third-order valence-electron chi connectivity index (χ3n) is 19.0. The van der Waals surface area contributed by atoms with Gasteiger partial charge in [-0.05, 0) is 76.0 Å². The molecule has 1 aromatic carbocycles. The van der Waals surface area contributed by atoms with Crippen molar-refractivity contribution >= 4 is 129 Å². The Bertz CT molecular complexity index is 3880. The van der Waals surface area contributed by atoms with Gasteiger partial charge < -0.3 is 126 Å². The molecule has 3 rings (SSSR count). The summed E-state index contributed by atoms with van der Waals surface area (Å²) in [5.41, 5.74) is 17.8. The third-order valence-corrected chi connectivity index (χ3v) is 19.0. The van der Waals surface area contributed by atoms with E-state index in [1.807, 2.05) is 10.6 Å². The fourth-order valence-electron chi connectivity index (χ4n) is 12.2. The van der Waals surface area contributed by atoms with Crippen LogP contribution in [0.2, 0.25) is 0 Å². The summed E-state index contributed by atoms with van der Waals surface area (Å²) in [6.07, 6.45) is -5.03. The van der Waals surface area contributed by atoms with E-state index in [0.717, 1.165) is 67.0 Å². The Morgan fingerprint density at radius 2 is 1.22 bits per heavy atom. The number of rotatable bonds is 38. The molecule has 1 aliphatic rings. The number of aliphatic carboxylic acids is 4. The molecule has 117 heavy (non-hydrogen) atoms. The number of benzene rings is 1. The Labute approximate surface area is 672 Å². The van der Waals surface area contributed by atoms with Crippen molar-refractivity contribution in [3.05, 3.63) is 36.0 Å². The van der Waals surface area contributed by atoms with Crippen LogP contribution in [0.1, 0.15) is 156 Å². The number of para-hydroxylation sites is 1. The number of nitrogens with one attached hydrogen (secondary N) is 13. The molecule has 2 aromatic rings. The number of aromatic amines is 1. The van der Waals surface area contributed by atoms with Crippen LogP contribution in [0.5, 0.6) is 0 Å². The number of carbonyl (C=O) groups is 20. The number of cyclic esters (lactones) is 1. The van der Waals surface area contributed by atoms with Gasteiger partial charge in [0, 0.05) is 50.5 Å². The predicted octanol–water partition coefficient (Wildman–Crippen LogP) is -5.83. The minimum Gasteiger partial charge on any atom is -0.481 e. The average molecular weight is 1660 g/mol. The molecule has 44 heteroatoms. The number of primary amides is 2. The Morgan fingerprint density at radius 3 is 1.82 bits per heavy atom. The molecule has 0 spiro atoms. The van der Waals surface area contributed by atoms with Gasteiger partial charge in [0.05, 0.1) is 32.4 Å². The molecule has 44 nitrogen and oxygen atoms in total. The molecule has 15 amide bonds. The second-order valence-electron chi connectivity index (χ2n) is 28.4. The normalized spacial score (nSPS) is 22.0. The van der Waals surface area contributed by atoms with Gasteiger partial charge in [-0.15, -0.1) is 0 Å². The number of likely N-dealkylation sites (N-methyl/N-ethyl adjacent to an activating group) is 1. The number of H-pyrrole nitrogens is 1. The van der Waals surface area contributed by atoms with Crippen molar-refractivity contribution in [3.8, 4) is 0 Å². The summed E-state index contributed by atoms with van der Waals surface area (Å²) in [6, 6.07) is -15.7. The minimum absolute atomic E-state index is 0.00460. The first-order valence-corrected chi connectivity index (χ1v) is 38.1. The lowest BCUT2D eigenvalue weighted by molar-refractivity contribution is -0.159. The Hall–Kier alpha value is -12.0. The summed E-state index contributed by atoms with van der Waals surface area (Å²) < 4.78 is 10.8. The number of carboxylic acids is 4. The van der Waals surface area contributed by atoms with E-state index in [-0.39, 0.29) is 45.1 Å². The van der Waals surface area contributed by atoms with Crippen LogP contribution >= 0.6 is 0 Å². The SMILES string of the molecule is CCCCCCCCCC(=O)NC(Cc1c[nH]c2ccccc12)C(=O)NC(CCC(=O)O)C(=O)NC(C(=O)NC1C(=O)N(C)CC(=O)NC(C)C(=O)NC(CC(=O)O)C(=O)NC(CCCCN)C(=O)NC(C(OC)C(=O)O)C(=O)NCC(=O)NC(CC(N)=O)C(=O)NC(C(C)CC(=O)O)C(=O)NC(C(C)CC)C(=O)O[C@H]1C)C(O)C(N)=O. The number of amides is 15. The number of hydrogen-bond acceptors (Lipinski definition) is 24. The van der Waals surface area contributed by atoms with Gasteiger partial charge in [-0.25, -0.2) is 9.59 Å². The van der Waals surface area contributed by atoms with E-state index in [1.54, 1.807) is 30.5 Å². The summed E-state index contributed by atoms with van der Waals surface area (Å²) in [4.78, 5) is 278. The zero-order chi connectivity index (χ0) is 88.1. The summed E-state index contributed by atoms with van der Waals surface area (Å²) >= 11 is 0. The van der Waals surface area contributed by atoms with Gasteiger partial charge in [0.25, 0.3) is 0 Å². The zero-order valence-corrected chi connectivity index (χ0v) is 66.4. The number of nitrogens with zero attached hydrogens (tertiary/aromatic N) is 1. The largest absolute Gasteiger partial charge is 0.481 e. The van der Waals surface area contributed by atoms with Crippen LogP contribution in [0.25, 0.3) is 10.9 Å². The van der Waals surface area contributed by atoms with Crippen molar-refractivity contribution in [1.82, 2.24) is 73.7 Å². The van der Waals surface area contributed by atoms with Crippen LogP contribution in [0.4, 0.5) is 0 Å². The van der Waals surface area contributed by atoms with Gasteiger partial charge in [0.2, 0.25) is 88.6 Å². The highest BCUT2D eigenvalue weighted by molar-refractivity contribution is 6.03. The van der Waals surface area contributed by atoms with Crippen LogP contribution in [-0.2, 0) is 112 Å². The number of unbranched alkanes of at least 4 members (excludes halogenated alkanes) is 7. The first kappa shape index (κ1) is 99.2. The molecular formula is C73H111N17O27. The molecule has 1 aliphatic heterocycles. The number of hydrogen-bond donors (Lipinski definition) is 21. The molecule has 1 fully saturated rings. The maximum atomic E-state index is 15.0. The van der Waals surface area contributed by atoms with Crippen LogP contribution < -0.4 is 81.0 Å². The van der Waals surface area contributed by atoms with Gasteiger partial charge in [0.15, 0.2) is 12.2 Å². The second-order valence-corrected chi connectivity index (χ2v) is 28.4. The Morgan fingerprint density at radius 1 is 0.624 bits per heavy atom. The molecule has 0 bridgehead atoms. The Kier molecular flexibility index (Phi) is 42.2. The highest BCUT2D eigenvalue weighted by Crippen LogP contribution is 2.22. The van der Waals surface area contributed by atoms with Gasteiger partial charge >= 0.3 is 29.8 Å². The lowest BCUT2D eigenvalue weighted by Crippen LogP contribution is -2.64. The number of aromatic nitrogens is 1. The zero-order valence-electron chi connectivity index (χ0n) is 66.4. The maximum Gasteiger partial charge on any atom is 0.335 e. The van der Waals surface area contributed by atoms with Gasteiger partial charge in [-0.3, -0.25) is 86.3 Å². The number of esters is 1. The molecule has 0 saturated carbocycles. The van der Waals surface area contributed by atoms with E-state index in [0.29, 0.717) is 34.2 Å². The van der Waals surface area contributed by atoms with Crippen LogP contribution in [0.3, 0.4) is 0 Å². The topological polar surface area (TPSA) is 702 Å². The highest BCUT2D eigenvalue weighted by atomic mass is 16.5. The monoisotopic (exact) mass is 1660 g/mol. The number of ether oxygens (including phenoxy) is 2. The number of carbonyl (C=O) groups excluding carboxylic acids is 16. The average Bonchev–Trinajstić information content (AvgIpc) is 1.76. The van der Waals surface area contributed by atoms with Crippen molar-refractivity contribution in [2.75, 3.05) is 33.8 Å². The van der Waals surface area contributed by atoms with Crippen molar-refractivity contribution < 1.29 is 131 Å². The van der Waals surface area contributed by atoms with Crippen LogP contribution in [-0.4, -0.2) is 272 Å². The number of fused-ring (bicyclic) bond motifs is 1. The summed E-state index contributed by atoms with van der Waals surface area (Å²) in [6.45, 7) is 5.66. The van der Waals surface area contributed by atoms with Gasteiger partial charge in [-0.2, -0.15) is 0 Å². The second kappa shape index (κ2) is 49.7. The minimum atomic E-state index is -2.80. The number of nitrogens with two attached hydrogens (primary N) is 3. The van der Waals surface area contributed by atoms with Crippen molar-refractivity contribution in [2.24, 2.45) is 29.0 Å². The molecular weight excluding hydrogens is 1550 g/mol. The first-order chi connectivity index (χ1) is 55.1. The van der Waals surface area contributed by atoms with Gasteiger partial charge in [0.1, 0.15) is 72.6 Å². The number of carboxylic acid groups (broad SMARTS) is 4. The Balaban J connectivity index is 2.30. The fraction of sp³-hybridized carbons (Fsp3) is 0.616. The standard InChI is InChI=1S/C73H111N17O27/c1-9-11-12-13-14-15-16-24-48(92)80-44(29-39-32-77-41-22-18-17-21-40(39)41)65(106)83-43(25-26-51(95)96)64(105)88-57(59(101)61(76)102)70(111)87-56-38(6)117-73(115)55(35(3)10-2)86-69(110)54(36(4)28-52(97)98)85-67(108)45(30-47(75)91)81-49(93)33-78-68(109)58(60(116-8)72(113)114)89-63(104)42(23-19-20-27-74)82-66(107)46(31-53(99)100)84-62(103)37(5)79-50(94)34-90(7)71(56)112/h17-18,21-22,32,35-38,42-46,54-60,77,101H,9-16,19-20,23-31,33-34,74H2,1-8H3,(H2,75,91)(H2,76,102)(H,78,109)(H,79,94)(H,80,92)(H,81,93)(H,82,107)(H,83,106)(H,84,103)(H,85,108)(H,86,110)(H,87,111)(H,88,105)(H,89,104)(H,95,96)(H,97,98)(H,99,100)(H,113,114)/t35?,36?,37?,38-,42?,43?,44?,45?,46?,54?,55?,56?,57?,58?,59?,60?/m0/s1. The molecule has 15 unspecified atom stereocenters. The quantitative estimate of drug-likeness (QED) is 0.0220. The molecule has 24 N–H and O–H groups in total. The molecule has 1 aromatic heterocycles. The number of methoxy groups -OCH3 is 1. The molecule has 16 atom stereocenters. The van der Waals surface area contributed by atoms with Crippen LogP contribution in [0, 0.1) is 11.8 Å². The first-order valence-electron chi connectivity index (χ1n) is 38.1. The molecule has 0 aliphatic carbocycles. The summed E-state index contributed by atoms with van der Waals surface area (Å²) in [5.74, 6) is -31.0. The smallest absolute Gasteiger partial charge is 0.335 e. The van der Waals surface area contributed by atoms with E-state index in [1.165, 1.54) is 13.8 Å². The van der Waals surface area contributed by atoms with E-state index in [4.69, 9.17) is 26.7 Å². The molecule has 2 heterocycles. The van der Waals surface area contributed by atoms with E-state index >= 15 is 4.79 Å². The predicted molar refractivity (Wildman–Crippen MR) is 408 cm³/mol. The maximum absolute atomic E-state index is 15.0. The van der Waals surface area contributed by atoms with Crippen molar-refractivity contribution in [2.45, 2.75) is 242 Å². The molecule has 0 radical (unpaired) electrons. The van der Waals surface area contributed by atoms with E-state index < -0.39 is 260 Å². The number of aliphatic hydroxyl groups is 1. The lowest BCUT2D eigenvalue weighted by Gasteiger charge is -2.33. The van der Waals surface area contributed by atoms with Crippen molar-refractivity contribution in [1.29, 1.82) is 0 Å². The highest BCUT2D eigenvalue weighted by Gasteiger charge is 2.44. The number of aliphatic hydroxyl groups excluding tert-OH is 1.